The predicted molar refractivity (Wildman–Crippen MR) is 165 cm³/mol. The molecule has 10 heteroatoms. The van der Waals surface area contributed by atoms with E-state index in [1.165, 1.54) is 23.3 Å². The van der Waals surface area contributed by atoms with E-state index in [4.69, 9.17) is 25.8 Å². The molecule has 5 rings (SSSR count). The van der Waals surface area contributed by atoms with E-state index in [1.54, 1.807) is 60.7 Å². The van der Waals surface area contributed by atoms with Crippen LogP contribution in [0.4, 0.5) is 5.13 Å². The molecule has 4 aromatic rings. The van der Waals surface area contributed by atoms with Crippen LogP contribution in [-0.2, 0) is 9.59 Å². The van der Waals surface area contributed by atoms with Crippen LogP contribution < -0.4 is 19.1 Å². The third kappa shape index (κ3) is 5.80. The van der Waals surface area contributed by atoms with Gasteiger partial charge in [-0.3, -0.25) is 14.5 Å². The van der Waals surface area contributed by atoms with Gasteiger partial charge in [-0.2, -0.15) is 0 Å². The number of amides is 1. The number of Topliss-reactive ketones (excluding diaryl/α,β-unsaturated/α-hetero) is 1. The molecule has 1 unspecified atom stereocenters. The van der Waals surface area contributed by atoms with Gasteiger partial charge in [0.15, 0.2) is 16.6 Å². The van der Waals surface area contributed by atoms with Crippen LogP contribution in [0.1, 0.15) is 44.4 Å². The molecular weight excluding hydrogens is 576 g/mol. The maximum atomic E-state index is 13.7. The Morgan fingerprint density at radius 2 is 1.81 bits per heavy atom. The van der Waals surface area contributed by atoms with Crippen LogP contribution in [-0.4, -0.2) is 42.1 Å². The third-order valence-electron chi connectivity index (χ3n) is 6.89. The molecule has 8 nitrogen and oxygen atoms in total. The van der Waals surface area contributed by atoms with Crippen LogP contribution in [0, 0.1) is 5.92 Å². The summed E-state index contributed by atoms with van der Waals surface area (Å²) < 4.78 is 17.9. The van der Waals surface area contributed by atoms with Gasteiger partial charge in [0.25, 0.3) is 5.78 Å². The molecule has 0 spiro atoms. The second-order valence-electron chi connectivity index (χ2n) is 10.2. The summed E-state index contributed by atoms with van der Waals surface area (Å²) >= 11 is 7.44. The van der Waals surface area contributed by atoms with Gasteiger partial charge in [0.05, 0.1) is 42.2 Å². The quantitative estimate of drug-likeness (QED) is 0.114. The average molecular weight is 607 g/mol. The van der Waals surface area contributed by atoms with E-state index < -0.39 is 17.7 Å². The molecule has 2 heterocycles. The number of aromatic nitrogens is 1. The molecule has 0 aliphatic carbocycles. The lowest BCUT2D eigenvalue weighted by molar-refractivity contribution is -0.132. The maximum absolute atomic E-state index is 13.7. The highest BCUT2D eigenvalue weighted by Gasteiger charge is 2.48. The Morgan fingerprint density at radius 1 is 1.05 bits per heavy atom. The molecule has 42 heavy (non-hydrogen) atoms. The summed E-state index contributed by atoms with van der Waals surface area (Å²) in [5.74, 6) is 0.180. The lowest BCUT2D eigenvalue weighted by Crippen LogP contribution is -2.29. The predicted octanol–water partition coefficient (Wildman–Crippen LogP) is 7.41. The number of aliphatic hydroxyl groups is 1. The van der Waals surface area contributed by atoms with Crippen LogP contribution >= 0.6 is 22.9 Å². The minimum absolute atomic E-state index is 0.0571. The summed E-state index contributed by atoms with van der Waals surface area (Å²) in [5.41, 5.74) is 1.51. The van der Waals surface area contributed by atoms with Crippen molar-refractivity contribution < 1.29 is 28.9 Å². The first-order chi connectivity index (χ1) is 20.2. The first-order valence-corrected chi connectivity index (χ1v) is 14.8. The van der Waals surface area contributed by atoms with Crippen molar-refractivity contribution in [3.63, 3.8) is 0 Å². The second-order valence-corrected chi connectivity index (χ2v) is 11.6. The number of fused-ring (bicyclic) bond motifs is 1. The van der Waals surface area contributed by atoms with Gasteiger partial charge >= 0.3 is 5.91 Å². The largest absolute Gasteiger partial charge is 0.507 e. The molecule has 3 aromatic carbocycles. The number of hydrogen-bond acceptors (Lipinski definition) is 8. The molecule has 1 aliphatic rings. The van der Waals surface area contributed by atoms with Crippen LogP contribution in [0.15, 0.2) is 66.2 Å². The normalized spacial score (nSPS) is 16.4. The van der Waals surface area contributed by atoms with E-state index in [0.717, 1.165) is 11.1 Å². The smallest absolute Gasteiger partial charge is 0.301 e. The number of ketones is 1. The Kier molecular flexibility index (Phi) is 8.70. The lowest BCUT2D eigenvalue weighted by atomic mass is 9.95. The number of hydrogen-bond donors (Lipinski definition) is 1. The van der Waals surface area contributed by atoms with Gasteiger partial charge in [-0.1, -0.05) is 42.9 Å². The summed E-state index contributed by atoms with van der Waals surface area (Å²) in [7, 11) is 1.54. The Morgan fingerprint density at radius 3 is 2.50 bits per heavy atom. The molecule has 1 fully saturated rings. The number of carbonyl (C=O) groups is 2. The molecule has 1 saturated heterocycles. The fraction of sp³-hybridized carbons (Fsp3) is 0.281. The van der Waals surface area contributed by atoms with Crippen molar-refractivity contribution in [2.45, 2.75) is 33.2 Å². The summed E-state index contributed by atoms with van der Waals surface area (Å²) in [6.07, 6.45) is 0.872. The number of halogens is 1. The number of nitrogens with zero attached hydrogens (tertiary/aromatic N) is 2. The third-order valence-corrected chi connectivity index (χ3v) is 8.14. The van der Waals surface area contributed by atoms with Crippen molar-refractivity contribution in [2.24, 2.45) is 5.92 Å². The van der Waals surface area contributed by atoms with Crippen molar-refractivity contribution in [2.75, 3.05) is 25.2 Å². The standard InChI is InChI=1S/C32H31ClN2O6S/c1-5-40-25-16-20(8-13-24(25)41-15-14-18(2)3)28-27(29(36)19-6-10-22(39-4)11-7-19)30(37)31(38)35(28)32-34-23-12-9-21(33)17-26(23)42-32/h6-13,16-18,28,36H,5,14-15H2,1-4H3. The molecule has 0 radical (unpaired) electrons. The van der Waals surface area contributed by atoms with E-state index in [2.05, 4.69) is 18.8 Å². The fourth-order valence-corrected chi connectivity index (χ4v) is 5.99. The van der Waals surface area contributed by atoms with Gasteiger partial charge in [0, 0.05) is 10.6 Å². The molecule has 0 bridgehead atoms. The highest BCUT2D eigenvalue weighted by atomic mass is 35.5. The van der Waals surface area contributed by atoms with Crippen LogP contribution in [0.5, 0.6) is 17.2 Å². The summed E-state index contributed by atoms with van der Waals surface area (Å²) in [5, 5.41) is 12.3. The molecule has 1 aliphatic heterocycles. The first kappa shape index (κ1) is 29.4. The van der Waals surface area contributed by atoms with Gasteiger partial charge in [0.1, 0.15) is 11.5 Å². The monoisotopic (exact) mass is 606 g/mol. The number of ether oxygens (including phenoxy) is 3. The number of thiazole rings is 1. The van der Waals surface area contributed by atoms with Crippen molar-refractivity contribution in [3.05, 3.63) is 82.4 Å². The van der Waals surface area contributed by atoms with Crippen molar-refractivity contribution >= 4 is 55.7 Å². The maximum Gasteiger partial charge on any atom is 0.301 e. The topological polar surface area (TPSA) is 98.2 Å². The van der Waals surface area contributed by atoms with E-state index in [1.807, 2.05) is 6.92 Å². The number of benzene rings is 3. The lowest BCUT2D eigenvalue weighted by Gasteiger charge is -2.24. The van der Waals surface area contributed by atoms with Gasteiger partial charge in [-0.15, -0.1) is 0 Å². The van der Waals surface area contributed by atoms with Gasteiger partial charge in [-0.05, 0) is 79.4 Å². The summed E-state index contributed by atoms with van der Waals surface area (Å²) in [4.78, 5) is 33.3. The van der Waals surface area contributed by atoms with Gasteiger partial charge in [-0.25, -0.2) is 4.98 Å². The van der Waals surface area contributed by atoms with Crippen molar-refractivity contribution in [3.8, 4) is 17.2 Å². The van der Waals surface area contributed by atoms with Crippen LogP contribution in [0.25, 0.3) is 16.0 Å². The Labute approximate surface area is 253 Å². The molecule has 1 amide bonds. The zero-order valence-electron chi connectivity index (χ0n) is 23.7. The number of anilines is 1. The molecule has 0 saturated carbocycles. The SMILES string of the molecule is CCOc1cc(C2C(=C(O)c3ccc(OC)cc3)C(=O)C(=O)N2c2nc3ccc(Cl)cc3s2)ccc1OCCC(C)C. The summed E-state index contributed by atoms with van der Waals surface area (Å²) in [6, 6.07) is 16.2. The zero-order chi connectivity index (χ0) is 30.0. The van der Waals surface area contributed by atoms with Crippen LogP contribution in [0.3, 0.4) is 0 Å². The second kappa shape index (κ2) is 12.4. The Bertz CT molecular complexity index is 1660. The summed E-state index contributed by atoms with van der Waals surface area (Å²) in [6.45, 7) is 7.01. The van der Waals surface area contributed by atoms with Crippen LogP contribution in [0.2, 0.25) is 5.02 Å². The number of carbonyl (C=O) groups excluding carboxylic acids is 2. The van der Waals surface area contributed by atoms with E-state index >= 15 is 0 Å². The number of aliphatic hydroxyl groups excluding tert-OH is 1. The zero-order valence-corrected chi connectivity index (χ0v) is 25.3. The van der Waals surface area contributed by atoms with E-state index in [-0.39, 0.29) is 11.3 Å². The minimum Gasteiger partial charge on any atom is -0.507 e. The van der Waals surface area contributed by atoms with E-state index in [0.29, 0.717) is 63.2 Å². The fourth-order valence-electron chi connectivity index (χ4n) is 4.73. The Balaban J connectivity index is 1.67. The molecule has 1 N–H and O–H groups in total. The highest BCUT2D eigenvalue weighted by Crippen LogP contribution is 2.46. The van der Waals surface area contributed by atoms with Gasteiger partial charge < -0.3 is 19.3 Å². The first-order valence-electron chi connectivity index (χ1n) is 13.6. The number of methoxy groups -OCH3 is 1. The Hall–Kier alpha value is -4.08. The molecular formula is C32H31ClN2O6S. The number of rotatable bonds is 10. The molecule has 1 aromatic heterocycles. The molecule has 218 valence electrons. The van der Waals surface area contributed by atoms with Crippen molar-refractivity contribution in [1.29, 1.82) is 0 Å². The van der Waals surface area contributed by atoms with E-state index in [9.17, 15) is 14.7 Å². The molecule has 1 atom stereocenters. The highest BCUT2D eigenvalue weighted by molar-refractivity contribution is 7.22. The van der Waals surface area contributed by atoms with Gasteiger partial charge in [0.2, 0.25) is 0 Å². The average Bonchev–Trinajstić information content (AvgIpc) is 3.50. The minimum atomic E-state index is -0.980. The van der Waals surface area contributed by atoms with Crippen molar-refractivity contribution in [1.82, 2.24) is 4.98 Å².